The van der Waals surface area contributed by atoms with Crippen molar-refractivity contribution in [1.29, 1.82) is 0 Å². The van der Waals surface area contributed by atoms with E-state index in [1.165, 1.54) is 25.7 Å². The minimum absolute atomic E-state index is 0.0231. The summed E-state index contributed by atoms with van der Waals surface area (Å²) in [6, 6.07) is 14.2. The van der Waals surface area contributed by atoms with Gasteiger partial charge >= 0.3 is 0 Å². The maximum Gasteiger partial charge on any atom is 0.242 e. The summed E-state index contributed by atoms with van der Waals surface area (Å²) in [4.78, 5) is 31.0. The summed E-state index contributed by atoms with van der Waals surface area (Å²) in [5, 5.41) is 2.04. The highest BCUT2D eigenvalue weighted by atomic mass is 32.1. The van der Waals surface area contributed by atoms with Crippen molar-refractivity contribution in [3.8, 4) is 0 Å². The predicted molar refractivity (Wildman–Crippen MR) is 123 cm³/mol. The third-order valence-electron chi connectivity index (χ3n) is 5.91. The Morgan fingerprint density at radius 3 is 2.40 bits per heavy atom. The zero-order chi connectivity index (χ0) is 21.2. The van der Waals surface area contributed by atoms with E-state index >= 15 is 0 Å². The highest BCUT2D eigenvalue weighted by molar-refractivity contribution is 7.09. The molecule has 0 spiro atoms. The van der Waals surface area contributed by atoms with Gasteiger partial charge in [-0.2, -0.15) is 0 Å². The van der Waals surface area contributed by atoms with E-state index in [2.05, 4.69) is 13.0 Å². The Hall–Kier alpha value is -2.14. The molecule has 1 aliphatic carbocycles. The number of carbonyl (C=O) groups excluding carboxylic acids is 2. The van der Waals surface area contributed by atoms with Gasteiger partial charge in [-0.05, 0) is 35.8 Å². The number of rotatable bonds is 11. The smallest absolute Gasteiger partial charge is 0.242 e. The lowest BCUT2D eigenvalue weighted by Crippen LogP contribution is -2.42. The van der Waals surface area contributed by atoms with Crippen molar-refractivity contribution < 1.29 is 9.59 Å². The van der Waals surface area contributed by atoms with Crippen molar-refractivity contribution in [2.75, 3.05) is 13.1 Å². The van der Waals surface area contributed by atoms with E-state index in [9.17, 15) is 9.59 Å². The second-order valence-electron chi connectivity index (χ2n) is 8.32. The van der Waals surface area contributed by atoms with Crippen LogP contribution in [-0.2, 0) is 22.7 Å². The van der Waals surface area contributed by atoms with E-state index in [1.54, 1.807) is 16.2 Å². The number of thiophene rings is 1. The summed E-state index contributed by atoms with van der Waals surface area (Å²) >= 11 is 1.66. The Labute approximate surface area is 184 Å². The summed E-state index contributed by atoms with van der Waals surface area (Å²) in [6.07, 6.45) is 7.52. The molecule has 1 heterocycles. The van der Waals surface area contributed by atoms with Crippen molar-refractivity contribution in [2.24, 2.45) is 5.92 Å². The Morgan fingerprint density at radius 2 is 1.73 bits per heavy atom. The van der Waals surface area contributed by atoms with Crippen LogP contribution in [0.2, 0.25) is 0 Å². The molecule has 1 aromatic heterocycles. The minimum atomic E-state index is 0.0231. The molecule has 1 aromatic carbocycles. The molecule has 1 aliphatic rings. The van der Waals surface area contributed by atoms with Crippen molar-refractivity contribution >= 4 is 23.2 Å². The van der Waals surface area contributed by atoms with Gasteiger partial charge in [-0.15, -0.1) is 11.3 Å². The molecule has 0 atom stereocenters. The van der Waals surface area contributed by atoms with E-state index < -0.39 is 0 Å². The van der Waals surface area contributed by atoms with Gasteiger partial charge in [0.05, 0.1) is 13.1 Å². The molecule has 5 heteroatoms. The van der Waals surface area contributed by atoms with Gasteiger partial charge in [-0.3, -0.25) is 9.59 Å². The van der Waals surface area contributed by atoms with E-state index in [0.717, 1.165) is 23.3 Å². The van der Waals surface area contributed by atoms with Crippen LogP contribution in [-0.4, -0.2) is 34.7 Å². The fraction of sp³-hybridized carbons (Fsp3) is 0.520. The molecule has 1 saturated carbocycles. The van der Waals surface area contributed by atoms with Crippen LogP contribution < -0.4 is 0 Å². The number of carbonyl (C=O) groups is 2. The molecule has 0 bridgehead atoms. The largest absolute Gasteiger partial charge is 0.333 e. The Kier molecular flexibility index (Phi) is 8.94. The first kappa shape index (κ1) is 22.5. The number of benzene rings is 1. The van der Waals surface area contributed by atoms with E-state index in [-0.39, 0.29) is 18.4 Å². The maximum atomic E-state index is 13.3. The fourth-order valence-electron chi connectivity index (χ4n) is 4.24. The SMILES string of the molecule is CCCN(CC(=O)N(Cc1ccccc1)Cc1cccs1)C(=O)CCC1CCCC1. The van der Waals surface area contributed by atoms with Crippen molar-refractivity contribution in [1.82, 2.24) is 9.80 Å². The lowest BCUT2D eigenvalue weighted by Gasteiger charge is -2.28. The molecule has 30 heavy (non-hydrogen) atoms. The number of hydrogen-bond acceptors (Lipinski definition) is 3. The molecular weight excluding hydrogens is 392 g/mol. The van der Waals surface area contributed by atoms with Crippen LogP contribution in [0, 0.1) is 5.92 Å². The molecule has 4 nitrogen and oxygen atoms in total. The monoisotopic (exact) mass is 426 g/mol. The van der Waals surface area contributed by atoms with Crippen molar-refractivity contribution in [2.45, 2.75) is 65.0 Å². The zero-order valence-corrected chi connectivity index (χ0v) is 18.9. The van der Waals surface area contributed by atoms with Gasteiger partial charge in [0.15, 0.2) is 0 Å². The molecule has 162 valence electrons. The van der Waals surface area contributed by atoms with Gasteiger partial charge in [0.2, 0.25) is 11.8 Å². The van der Waals surface area contributed by atoms with Crippen LogP contribution in [0.25, 0.3) is 0 Å². The van der Waals surface area contributed by atoms with E-state index in [4.69, 9.17) is 0 Å². The van der Waals surface area contributed by atoms with Gasteiger partial charge < -0.3 is 9.80 Å². The van der Waals surface area contributed by atoms with Gasteiger partial charge in [0, 0.05) is 24.4 Å². The predicted octanol–water partition coefficient (Wildman–Crippen LogP) is 5.49. The molecular formula is C25H34N2O2S. The Morgan fingerprint density at radius 1 is 0.967 bits per heavy atom. The van der Waals surface area contributed by atoms with Crippen LogP contribution in [0.3, 0.4) is 0 Å². The van der Waals surface area contributed by atoms with Gasteiger partial charge in [0.1, 0.15) is 0 Å². The highest BCUT2D eigenvalue weighted by Gasteiger charge is 2.23. The third-order valence-corrected chi connectivity index (χ3v) is 6.77. The second kappa shape index (κ2) is 11.9. The molecule has 2 aromatic rings. The van der Waals surface area contributed by atoms with Crippen LogP contribution in [0.1, 0.15) is 62.3 Å². The average Bonchev–Trinajstić information content (AvgIpc) is 3.46. The number of amides is 2. The van der Waals surface area contributed by atoms with Gasteiger partial charge in [-0.25, -0.2) is 0 Å². The van der Waals surface area contributed by atoms with Crippen molar-refractivity contribution in [3.63, 3.8) is 0 Å². The van der Waals surface area contributed by atoms with E-state index in [0.29, 0.717) is 32.0 Å². The van der Waals surface area contributed by atoms with Gasteiger partial charge in [-0.1, -0.05) is 69.0 Å². The standard InChI is InChI=1S/C25H34N2O2S/c1-2-16-26(24(28)15-14-21-9-6-7-10-21)20-25(29)27(19-23-13-8-17-30-23)18-22-11-4-3-5-12-22/h3-5,8,11-13,17,21H,2,6-7,9-10,14-16,18-20H2,1H3. The lowest BCUT2D eigenvalue weighted by atomic mass is 10.0. The van der Waals surface area contributed by atoms with Gasteiger partial charge in [0.25, 0.3) is 0 Å². The maximum absolute atomic E-state index is 13.3. The first-order chi connectivity index (χ1) is 14.7. The Bertz CT molecular complexity index is 770. The first-order valence-corrected chi connectivity index (χ1v) is 12.2. The summed E-state index contributed by atoms with van der Waals surface area (Å²) in [5.74, 6) is 0.851. The van der Waals surface area contributed by atoms with Crippen LogP contribution >= 0.6 is 11.3 Å². The summed E-state index contributed by atoms with van der Waals surface area (Å²) in [7, 11) is 0. The summed E-state index contributed by atoms with van der Waals surface area (Å²) in [6.45, 7) is 4.04. The molecule has 0 radical (unpaired) electrons. The van der Waals surface area contributed by atoms with Crippen LogP contribution in [0.4, 0.5) is 0 Å². The fourth-order valence-corrected chi connectivity index (χ4v) is 4.96. The summed E-state index contributed by atoms with van der Waals surface area (Å²) < 4.78 is 0. The number of hydrogen-bond donors (Lipinski definition) is 0. The van der Waals surface area contributed by atoms with E-state index in [1.807, 2.05) is 46.7 Å². The topological polar surface area (TPSA) is 40.6 Å². The molecule has 1 fully saturated rings. The third kappa shape index (κ3) is 6.98. The zero-order valence-electron chi connectivity index (χ0n) is 18.1. The molecule has 0 unspecified atom stereocenters. The van der Waals surface area contributed by atoms with Crippen LogP contribution in [0.15, 0.2) is 47.8 Å². The number of nitrogens with zero attached hydrogens (tertiary/aromatic N) is 2. The Balaban J connectivity index is 1.63. The quantitative estimate of drug-likeness (QED) is 0.477. The molecule has 2 amide bonds. The minimum Gasteiger partial charge on any atom is -0.333 e. The van der Waals surface area contributed by atoms with Crippen molar-refractivity contribution in [3.05, 3.63) is 58.3 Å². The highest BCUT2D eigenvalue weighted by Crippen LogP contribution is 2.28. The molecule has 0 saturated heterocycles. The lowest BCUT2D eigenvalue weighted by molar-refractivity contribution is -0.141. The van der Waals surface area contributed by atoms with Crippen LogP contribution in [0.5, 0.6) is 0 Å². The molecule has 3 rings (SSSR count). The first-order valence-electron chi connectivity index (χ1n) is 11.3. The second-order valence-corrected chi connectivity index (χ2v) is 9.35. The molecule has 0 N–H and O–H groups in total. The average molecular weight is 427 g/mol. The molecule has 0 aliphatic heterocycles. The summed E-state index contributed by atoms with van der Waals surface area (Å²) in [5.41, 5.74) is 1.11. The normalized spacial score (nSPS) is 14.0.